The highest BCUT2D eigenvalue weighted by atomic mass is 79.9. The lowest BCUT2D eigenvalue weighted by molar-refractivity contribution is 0.340. The standard InChI is InChI=1S/C8H10BBrO3/c1-2-13-6-3-4-8(10)7(5-6)9(11)12/h3-5,11-12H,2H2,1H3. The van der Waals surface area contributed by atoms with Gasteiger partial charge in [0.05, 0.1) is 6.61 Å². The van der Waals surface area contributed by atoms with Crippen LogP contribution in [0.1, 0.15) is 6.92 Å². The van der Waals surface area contributed by atoms with Crippen molar-refractivity contribution in [3.63, 3.8) is 0 Å². The molecule has 0 aliphatic carbocycles. The minimum absolute atomic E-state index is 0.408. The fraction of sp³-hybridized carbons (Fsp3) is 0.250. The Morgan fingerprint density at radius 2 is 2.15 bits per heavy atom. The third-order valence-corrected chi connectivity index (χ3v) is 2.28. The molecule has 0 fully saturated rings. The van der Waals surface area contributed by atoms with Gasteiger partial charge < -0.3 is 14.8 Å². The number of halogens is 1. The number of benzene rings is 1. The van der Waals surface area contributed by atoms with Gasteiger partial charge in [0.2, 0.25) is 0 Å². The van der Waals surface area contributed by atoms with Crippen molar-refractivity contribution in [1.82, 2.24) is 0 Å². The van der Waals surface area contributed by atoms with Crippen LogP contribution in [0, 0.1) is 0 Å². The highest BCUT2D eigenvalue weighted by Crippen LogP contribution is 2.14. The van der Waals surface area contributed by atoms with Crippen LogP contribution in [0.15, 0.2) is 22.7 Å². The molecule has 0 atom stereocenters. The van der Waals surface area contributed by atoms with Crippen LogP contribution in [0.25, 0.3) is 0 Å². The van der Waals surface area contributed by atoms with Crippen molar-refractivity contribution in [2.24, 2.45) is 0 Å². The number of hydrogen-bond acceptors (Lipinski definition) is 3. The Morgan fingerprint density at radius 1 is 1.46 bits per heavy atom. The van der Waals surface area contributed by atoms with Gasteiger partial charge in [-0.1, -0.05) is 15.9 Å². The molecule has 5 heteroatoms. The van der Waals surface area contributed by atoms with Crippen LogP contribution in [0.4, 0.5) is 0 Å². The normalized spacial score (nSPS) is 9.85. The van der Waals surface area contributed by atoms with Crippen LogP contribution in [0.3, 0.4) is 0 Å². The van der Waals surface area contributed by atoms with Crippen LogP contribution >= 0.6 is 15.9 Å². The van der Waals surface area contributed by atoms with Crippen LogP contribution in [0.5, 0.6) is 5.75 Å². The first-order valence-electron chi connectivity index (χ1n) is 3.93. The molecule has 3 nitrogen and oxygen atoms in total. The maximum Gasteiger partial charge on any atom is 0.489 e. The molecule has 1 rings (SSSR count). The summed E-state index contributed by atoms with van der Waals surface area (Å²) in [4.78, 5) is 0. The Balaban J connectivity index is 2.97. The van der Waals surface area contributed by atoms with E-state index in [1.807, 2.05) is 6.92 Å². The van der Waals surface area contributed by atoms with E-state index in [9.17, 15) is 0 Å². The summed E-state index contributed by atoms with van der Waals surface area (Å²) in [6, 6.07) is 5.08. The first kappa shape index (κ1) is 10.6. The van der Waals surface area contributed by atoms with Crippen molar-refractivity contribution in [3.8, 4) is 5.75 Å². The fourth-order valence-corrected chi connectivity index (χ4v) is 1.43. The van der Waals surface area contributed by atoms with Gasteiger partial charge >= 0.3 is 7.12 Å². The SMILES string of the molecule is CCOc1ccc(Br)c(B(O)O)c1. The summed E-state index contributed by atoms with van der Waals surface area (Å²) in [7, 11) is -1.48. The van der Waals surface area contributed by atoms with E-state index in [-0.39, 0.29) is 0 Å². The van der Waals surface area contributed by atoms with Gasteiger partial charge in [-0.05, 0) is 30.6 Å². The second-order valence-electron chi connectivity index (χ2n) is 2.49. The molecule has 0 amide bonds. The molecular formula is C8H10BBrO3. The maximum atomic E-state index is 8.97. The summed E-state index contributed by atoms with van der Waals surface area (Å²) >= 11 is 3.21. The van der Waals surface area contributed by atoms with Gasteiger partial charge in [-0.2, -0.15) is 0 Å². The first-order chi connectivity index (χ1) is 6.15. The molecule has 0 saturated carbocycles. The Kier molecular flexibility index (Phi) is 3.78. The third kappa shape index (κ3) is 2.72. The van der Waals surface area contributed by atoms with Crippen LogP contribution in [0.2, 0.25) is 0 Å². The van der Waals surface area contributed by atoms with E-state index >= 15 is 0 Å². The van der Waals surface area contributed by atoms with E-state index in [1.165, 1.54) is 0 Å². The number of hydrogen-bond donors (Lipinski definition) is 2. The van der Waals surface area contributed by atoms with E-state index in [2.05, 4.69) is 15.9 Å². The molecule has 13 heavy (non-hydrogen) atoms. The zero-order valence-corrected chi connectivity index (χ0v) is 8.78. The summed E-state index contributed by atoms with van der Waals surface area (Å²) in [6.45, 7) is 2.43. The molecule has 0 radical (unpaired) electrons. The number of rotatable bonds is 3. The Morgan fingerprint density at radius 3 is 2.69 bits per heavy atom. The molecule has 0 saturated heterocycles. The van der Waals surface area contributed by atoms with Crippen molar-refractivity contribution in [2.45, 2.75) is 6.92 Å². The lowest BCUT2D eigenvalue weighted by atomic mass is 9.80. The second kappa shape index (κ2) is 4.65. The molecule has 1 aromatic rings. The first-order valence-corrected chi connectivity index (χ1v) is 4.72. The van der Waals surface area contributed by atoms with Gasteiger partial charge in [-0.25, -0.2) is 0 Å². The van der Waals surface area contributed by atoms with E-state index in [0.717, 1.165) is 0 Å². The minimum Gasteiger partial charge on any atom is -0.494 e. The van der Waals surface area contributed by atoms with Crippen molar-refractivity contribution in [3.05, 3.63) is 22.7 Å². The average Bonchev–Trinajstić information content (AvgIpc) is 2.08. The molecule has 0 spiro atoms. The lowest BCUT2D eigenvalue weighted by Gasteiger charge is -2.07. The second-order valence-corrected chi connectivity index (χ2v) is 3.34. The van der Waals surface area contributed by atoms with Crippen molar-refractivity contribution >= 4 is 28.5 Å². The highest BCUT2D eigenvalue weighted by Gasteiger charge is 2.15. The predicted molar refractivity (Wildman–Crippen MR) is 55.1 cm³/mol. The summed E-state index contributed by atoms with van der Waals surface area (Å²) in [5.41, 5.74) is 0.408. The Bertz CT molecular complexity index is 291. The smallest absolute Gasteiger partial charge is 0.489 e. The maximum absolute atomic E-state index is 8.97. The highest BCUT2D eigenvalue weighted by molar-refractivity contribution is 9.10. The summed E-state index contributed by atoms with van der Waals surface area (Å²) in [6.07, 6.45) is 0. The number of ether oxygens (including phenoxy) is 1. The van der Waals surface area contributed by atoms with Crippen molar-refractivity contribution in [1.29, 1.82) is 0 Å². The topological polar surface area (TPSA) is 49.7 Å². The zero-order chi connectivity index (χ0) is 9.84. The van der Waals surface area contributed by atoms with Gasteiger partial charge in [0, 0.05) is 4.47 Å². The largest absolute Gasteiger partial charge is 0.494 e. The molecule has 1 aromatic carbocycles. The third-order valence-electron chi connectivity index (χ3n) is 1.56. The molecule has 0 aromatic heterocycles. The molecule has 0 unspecified atom stereocenters. The molecule has 0 aliphatic heterocycles. The van der Waals surface area contributed by atoms with E-state index < -0.39 is 7.12 Å². The van der Waals surface area contributed by atoms with Crippen LogP contribution in [-0.4, -0.2) is 23.8 Å². The van der Waals surface area contributed by atoms with Crippen LogP contribution in [-0.2, 0) is 0 Å². The van der Waals surface area contributed by atoms with Gasteiger partial charge in [0.15, 0.2) is 0 Å². The van der Waals surface area contributed by atoms with E-state index in [0.29, 0.717) is 22.3 Å². The Hall–Kier alpha value is -0.515. The quantitative estimate of drug-likeness (QED) is 0.763. The zero-order valence-electron chi connectivity index (χ0n) is 7.20. The molecule has 0 aliphatic rings. The van der Waals surface area contributed by atoms with Crippen molar-refractivity contribution in [2.75, 3.05) is 6.61 Å². The molecular weight excluding hydrogens is 235 g/mol. The molecule has 2 N–H and O–H groups in total. The Labute approximate surface area is 85.6 Å². The lowest BCUT2D eigenvalue weighted by Crippen LogP contribution is -2.30. The summed E-state index contributed by atoms with van der Waals surface area (Å²) in [5, 5.41) is 17.9. The van der Waals surface area contributed by atoms with E-state index in [1.54, 1.807) is 18.2 Å². The average molecular weight is 245 g/mol. The van der Waals surface area contributed by atoms with Crippen LogP contribution < -0.4 is 10.2 Å². The van der Waals surface area contributed by atoms with Gasteiger partial charge in [-0.3, -0.25) is 0 Å². The van der Waals surface area contributed by atoms with Gasteiger partial charge in [-0.15, -0.1) is 0 Å². The van der Waals surface area contributed by atoms with Gasteiger partial charge in [0.1, 0.15) is 5.75 Å². The van der Waals surface area contributed by atoms with E-state index in [4.69, 9.17) is 14.8 Å². The molecule has 70 valence electrons. The monoisotopic (exact) mass is 244 g/mol. The molecule has 0 bridgehead atoms. The fourth-order valence-electron chi connectivity index (χ4n) is 0.976. The summed E-state index contributed by atoms with van der Waals surface area (Å²) < 4.78 is 5.87. The van der Waals surface area contributed by atoms with Gasteiger partial charge in [0.25, 0.3) is 0 Å². The van der Waals surface area contributed by atoms with Crippen molar-refractivity contribution < 1.29 is 14.8 Å². The predicted octanol–water partition coefficient (Wildman–Crippen LogP) is 0.528. The minimum atomic E-state index is -1.48. The molecule has 0 heterocycles. The summed E-state index contributed by atoms with van der Waals surface area (Å²) in [5.74, 6) is 0.633.